The molecule has 0 heterocycles. The molecule has 0 saturated carbocycles. The molecule has 0 aromatic heterocycles. The van der Waals surface area contributed by atoms with Gasteiger partial charge in [0.25, 0.3) is 0 Å². The molecule has 0 fully saturated rings. The second-order valence-corrected chi connectivity index (χ2v) is 3.43. The lowest BCUT2D eigenvalue weighted by Crippen LogP contribution is -2.41. The van der Waals surface area contributed by atoms with Gasteiger partial charge in [0, 0.05) is 6.54 Å². The van der Waals surface area contributed by atoms with Crippen LogP contribution in [-0.4, -0.2) is 46.8 Å². The minimum absolute atomic E-state index is 0.400. The standard InChI is InChI=1S/C9H19NO3/c1-4-5-8(9(12)13)10(3)6-7(2)11/h7-8,11H,4-6H2,1-3H3,(H,12,13). The predicted octanol–water partition coefficient (Wildman–Crippen LogP) is 0.552. The predicted molar refractivity (Wildman–Crippen MR) is 50.6 cm³/mol. The summed E-state index contributed by atoms with van der Waals surface area (Å²) in [6.07, 6.45) is 0.975. The number of carboxylic acid groups (broad SMARTS) is 1. The van der Waals surface area contributed by atoms with Gasteiger partial charge in [-0.15, -0.1) is 0 Å². The molecule has 0 aliphatic heterocycles. The van der Waals surface area contributed by atoms with Crippen LogP contribution >= 0.6 is 0 Å². The number of hydrogen-bond acceptors (Lipinski definition) is 3. The van der Waals surface area contributed by atoms with Gasteiger partial charge in [-0.25, -0.2) is 0 Å². The van der Waals surface area contributed by atoms with Crippen molar-refractivity contribution in [2.24, 2.45) is 0 Å². The van der Waals surface area contributed by atoms with Crippen LogP contribution in [0.2, 0.25) is 0 Å². The van der Waals surface area contributed by atoms with E-state index in [1.807, 2.05) is 6.92 Å². The zero-order valence-corrected chi connectivity index (χ0v) is 8.53. The molecule has 2 unspecified atom stereocenters. The van der Waals surface area contributed by atoms with E-state index < -0.39 is 18.1 Å². The minimum atomic E-state index is -0.815. The largest absolute Gasteiger partial charge is 0.480 e. The molecule has 13 heavy (non-hydrogen) atoms. The monoisotopic (exact) mass is 189 g/mol. The van der Waals surface area contributed by atoms with Crippen molar-refractivity contribution in [1.29, 1.82) is 0 Å². The summed E-state index contributed by atoms with van der Waals surface area (Å²) < 4.78 is 0. The van der Waals surface area contributed by atoms with E-state index in [-0.39, 0.29) is 0 Å². The van der Waals surface area contributed by atoms with Crippen LogP contribution in [0.15, 0.2) is 0 Å². The SMILES string of the molecule is CCCC(C(=O)O)N(C)CC(C)O. The highest BCUT2D eigenvalue weighted by atomic mass is 16.4. The van der Waals surface area contributed by atoms with Crippen molar-refractivity contribution in [1.82, 2.24) is 4.90 Å². The Morgan fingerprint density at radius 1 is 1.54 bits per heavy atom. The van der Waals surface area contributed by atoms with E-state index in [1.165, 1.54) is 0 Å². The average molecular weight is 189 g/mol. The molecule has 4 heteroatoms. The van der Waals surface area contributed by atoms with Crippen molar-refractivity contribution >= 4 is 5.97 Å². The van der Waals surface area contributed by atoms with Crippen molar-refractivity contribution in [2.75, 3.05) is 13.6 Å². The van der Waals surface area contributed by atoms with Gasteiger partial charge in [-0.3, -0.25) is 9.69 Å². The van der Waals surface area contributed by atoms with E-state index in [2.05, 4.69) is 0 Å². The molecule has 78 valence electrons. The number of aliphatic carboxylic acids is 1. The first kappa shape index (κ1) is 12.4. The summed E-state index contributed by atoms with van der Waals surface area (Å²) in [4.78, 5) is 12.5. The average Bonchev–Trinajstić information content (AvgIpc) is 1.97. The number of aliphatic hydroxyl groups excluding tert-OH is 1. The van der Waals surface area contributed by atoms with Gasteiger partial charge >= 0.3 is 5.97 Å². The van der Waals surface area contributed by atoms with Crippen molar-refractivity contribution in [3.05, 3.63) is 0 Å². The molecular weight excluding hydrogens is 170 g/mol. The van der Waals surface area contributed by atoms with Crippen LogP contribution in [0.25, 0.3) is 0 Å². The van der Waals surface area contributed by atoms with E-state index >= 15 is 0 Å². The molecule has 0 aromatic carbocycles. The zero-order valence-electron chi connectivity index (χ0n) is 8.53. The van der Waals surface area contributed by atoms with E-state index in [1.54, 1.807) is 18.9 Å². The first-order chi connectivity index (χ1) is 5.99. The third kappa shape index (κ3) is 4.85. The first-order valence-electron chi connectivity index (χ1n) is 4.60. The molecule has 2 atom stereocenters. The molecule has 2 N–H and O–H groups in total. The molecule has 0 aromatic rings. The van der Waals surface area contributed by atoms with Gasteiger partial charge in [0.1, 0.15) is 6.04 Å². The Balaban J connectivity index is 4.10. The van der Waals surface area contributed by atoms with Crippen LogP contribution in [0.5, 0.6) is 0 Å². The smallest absolute Gasteiger partial charge is 0.320 e. The lowest BCUT2D eigenvalue weighted by Gasteiger charge is -2.25. The number of carboxylic acids is 1. The molecule has 0 spiro atoms. The summed E-state index contributed by atoms with van der Waals surface area (Å²) in [5.74, 6) is -0.815. The lowest BCUT2D eigenvalue weighted by atomic mass is 10.1. The van der Waals surface area contributed by atoms with E-state index in [9.17, 15) is 4.79 Å². The fourth-order valence-electron chi connectivity index (χ4n) is 1.35. The molecule has 0 bridgehead atoms. The Kier molecular flexibility index (Phi) is 5.66. The third-order valence-corrected chi connectivity index (χ3v) is 1.93. The Hall–Kier alpha value is -0.610. The Bertz CT molecular complexity index is 159. The number of nitrogens with zero attached hydrogens (tertiary/aromatic N) is 1. The van der Waals surface area contributed by atoms with Gasteiger partial charge in [-0.1, -0.05) is 13.3 Å². The van der Waals surface area contributed by atoms with E-state index in [0.29, 0.717) is 13.0 Å². The molecule has 0 amide bonds. The van der Waals surface area contributed by atoms with Gasteiger partial charge < -0.3 is 10.2 Å². The number of likely N-dealkylation sites (N-methyl/N-ethyl adjacent to an activating group) is 1. The fourth-order valence-corrected chi connectivity index (χ4v) is 1.35. The second-order valence-electron chi connectivity index (χ2n) is 3.43. The minimum Gasteiger partial charge on any atom is -0.480 e. The fraction of sp³-hybridized carbons (Fsp3) is 0.889. The zero-order chi connectivity index (χ0) is 10.4. The lowest BCUT2D eigenvalue weighted by molar-refractivity contribution is -0.143. The number of carbonyl (C=O) groups is 1. The van der Waals surface area contributed by atoms with Crippen LogP contribution in [0.4, 0.5) is 0 Å². The highest BCUT2D eigenvalue weighted by molar-refractivity contribution is 5.73. The van der Waals surface area contributed by atoms with E-state index in [4.69, 9.17) is 10.2 Å². The summed E-state index contributed by atoms with van der Waals surface area (Å²) in [6.45, 7) is 4.00. The molecule has 0 aliphatic rings. The third-order valence-electron chi connectivity index (χ3n) is 1.93. The number of aliphatic hydroxyl groups is 1. The number of rotatable bonds is 6. The summed E-state index contributed by atoms with van der Waals surface area (Å²) in [6, 6.07) is -0.473. The van der Waals surface area contributed by atoms with Crippen molar-refractivity contribution in [2.45, 2.75) is 38.8 Å². The molecule has 0 rings (SSSR count). The van der Waals surface area contributed by atoms with Crippen molar-refractivity contribution in [3.8, 4) is 0 Å². The van der Waals surface area contributed by atoms with Crippen LogP contribution in [0.1, 0.15) is 26.7 Å². The Morgan fingerprint density at radius 2 is 2.08 bits per heavy atom. The topological polar surface area (TPSA) is 60.8 Å². The van der Waals surface area contributed by atoms with Crippen molar-refractivity contribution in [3.63, 3.8) is 0 Å². The second kappa shape index (κ2) is 5.94. The Labute approximate surface area is 79.2 Å². The van der Waals surface area contributed by atoms with Crippen LogP contribution in [-0.2, 0) is 4.79 Å². The Morgan fingerprint density at radius 3 is 2.38 bits per heavy atom. The van der Waals surface area contributed by atoms with Gasteiger partial charge in [0.05, 0.1) is 6.10 Å². The van der Waals surface area contributed by atoms with Gasteiger partial charge in [-0.2, -0.15) is 0 Å². The quantitative estimate of drug-likeness (QED) is 0.640. The molecule has 0 radical (unpaired) electrons. The highest BCUT2D eigenvalue weighted by Gasteiger charge is 2.21. The summed E-state index contributed by atoms with van der Waals surface area (Å²) in [5.41, 5.74) is 0. The number of hydrogen-bond donors (Lipinski definition) is 2. The summed E-state index contributed by atoms with van der Waals surface area (Å²) >= 11 is 0. The molecular formula is C9H19NO3. The van der Waals surface area contributed by atoms with Crippen LogP contribution < -0.4 is 0 Å². The highest BCUT2D eigenvalue weighted by Crippen LogP contribution is 2.05. The first-order valence-corrected chi connectivity index (χ1v) is 4.60. The summed E-state index contributed by atoms with van der Waals surface area (Å²) in [5, 5.41) is 18.0. The van der Waals surface area contributed by atoms with Crippen LogP contribution in [0.3, 0.4) is 0 Å². The maximum absolute atomic E-state index is 10.8. The maximum Gasteiger partial charge on any atom is 0.320 e. The van der Waals surface area contributed by atoms with Gasteiger partial charge in [0.15, 0.2) is 0 Å². The molecule has 0 saturated heterocycles. The van der Waals surface area contributed by atoms with E-state index in [0.717, 1.165) is 6.42 Å². The normalized spacial score (nSPS) is 15.8. The molecule has 0 aliphatic carbocycles. The summed E-state index contributed by atoms with van der Waals surface area (Å²) in [7, 11) is 1.72. The van der Waals surface area contributed by atoms with Crippen molar-refractivity contribution < 1.29 is 15.0 Å². The maximum atomic E-state index is 10.8. The van der Waals surface area contributed by atoms with Gasteiger partial charge in [0.2, 0.25) is 0 Å². The van der Waals surface area contributed by atoms with Gasteiger partial charge in [-0.05, 0) is 20.4 Å². The van der Waals surface area contributed by atoms with Crippen LogP contribution in [0, 0.1) is 0 Å². The molecule has 4 nitrogen and oxygen atoms in total.